The number of halogens is 1. The van der Waals surface area contributed by atoms with E-state index in [1.165, 1.54) is 12.1 Å². The number of carbonyl (C=O) groups is 2. The van der Waals surface area contributed by atoms with Crippen molar-refractivity contribution in [2.75, 3.05) is 23.7 Å². The molecule has 1 aliphatic heterocycles. The van der Waals surface area contributed by atoms with Crippen LogP contribution in [0.3, 0.4) is 0 Å². The summed E-state index contributed by atoms with van der Waals surface area (Å²) in [5.74, 6) is -0.798. The summed E-state index contributed by atoms with van der Waals surface area (Å²) < 4.78 is 22.4. The van der Waals surface area contributed by atoms with Crippen molar-refractivity contribution in [2.24, 2.45) is 0 Å². The van der Waals surface area contributed by atoms with Gasteiger partial charge in [-0.05, 0) is 51.0 Å². The van der Waals surface area contributed by atoms with Gasteiger partial charge in [-0.1, -0.05) is 6.58 Å². The van der Waals surface area contributed by atoms with Gasteiger partial charge < -0.3 is 20.3 Å². The summed E-state index contributed by atoms with van der Waals surface area (Å²) in [6, 6.07) is 3.83. The lowest BCUT2D eigenvalue weighted by Gasteiger charge is -2.33. The third kappa shape index (κ3) is 5.56. The van der Waals surface area contributed by atoms with Crippen LogP contribution >= 0.6 is 0 Å². The molecular formula is C26H28FN9O3. The van der Waals surface area contributed by atoms with Gasteiger partial charge in [0.1, 0.15) is 11.5 Å². The van der Waals surface area contributed by atoms with Crippen molar-refractivity contribution in [1.82, 2.24) is 34.7 Å². The lowest BCUT2D eigenvalue weighted by Crippen LogP contribution is -2.45. The van der Waals surface area contributed by atoms with Crippen molar-refractivity contribution in [2.45, 2.75) is 38.8 Å². The summed E-state index contributed by atoms with van der Waals surface area (Å²) in [6.07, 6.45) is 7.44. The molecule has 202 valence electrons. The minimum atomic E-state index is -0.711. The normalized spacial score (nSPS) is 15.4. The fourth-order valence-corrected chi connectivity index (χ4v) is 4.40. The van der Waals surface area contributed by atoms with Gasteiger partial charge in [-0.3, -0.25) is 14.7 Å². The van der Waals surface area contributed by atoms with Crippen LogP contribution in [-0.2, 0) is 4.79 Å². The first-order valence-corrected chi connectivity index (χ1v) is 12.5. The SMILES string of the molecule is C=CC(=O)Nc1ccc(C(=O)N2CCC[C@@H](Nc3nc4cnc(-c5cn[nH]c5)c(OC(C)C)n4n3)C2)c(F)c1. The molecule has 0 spiro atoms. The molecule has 0 saturated carbocycles. The highest BCUT2D eigenvalue weighted by molar-refractivity contribution is 6.00. The molecule has 1 saturated heterocycles. The molecule has 0 unspecified atom stereocenters. The summed E-state index contributed by atoms with van der Waals surface area (Å²) >= 11 is 0. The Balaban J connectivity index is 1.33. The Morgan fingerprint density at radius 2 is 2.15 bits per heavy atom. The third-order valence-corrected chi connectivity index (χ3v) is 6.15. The van der Waals surface area contributed by atoms with Gasteiger partial charge in [0.15, 0.2) is 5.65 Å². The van der Waals surface area contributed by atoms with Crippen LogP contribution in [-0.4, -0.2) is 71.7 Å². The van der Waals surface area contributed by atoms with E-state index in [2.05, 4.69) is 42.5 Å². The zero-order chi connectivity index (χ0) is 27.5. The monoisotopic (exact) mass is 533 g/mol. The molecule has 4 aromatic rings. The molecule has 3 aromatic heterocycles. The van der Waals surface area contributed by atoms with E-state index < -0.39 is 17.6 Å². The number of aromatic nitrogens is 6. The molecule has 0 radical (unpaired) electrons. The molecular weight excluding hydrogens is 505 g/mol. The largest absolute Gasteiger partial charge is 0.473 e. The van der Waals surface area contributed by atoms with Crippen LogP contribution in [0, 0.1) is 5.82 Å². The molecule has 1 fully saturated rings. The number of hydrogen-bond acceptors (Lipinski definition) is 8. The molecule has 0 bridgehead atoms. The van der Waals surface area contributed by atoms with Crippen LogP contribution in [0.1, 0.15) is 37.0 Å². The summed E-state index contributed by atoms with van der Waals surface area (Å²) in [5, 5.41) is 17.2. The maximum atomic E-state index is 14.7. The summed E-state index contributed by atoms with van der Waals surface area (Å²) in [7, 11) is 0. The topological polar surface area (TPSA) is 142 Å². The van der Waals surface area contributed by atoms with Crippen LogP contribution in [0.2, 0.25) is 0 Å². The second-order valence-electron chi connectivity index (χ2n) is 9.39. The second kappa shape index (κ2) is 10.9. The van der Waals surface area contributed by atoms with E-state index in [-0.39, 0.29) is 23.4 Å². The maximum absolute atomic E-state index is 14.7. The zero-order valence-electron chi connectivity index (χ0n) is 21.5. The van der Waals surface area contributed by atoms with E-state index >= 15 is 0 Å². The highest BCUT2D eigenvalue weighted by atomic mass is 19.1. The number of carbonyl (C=O) groups excluding carboxylic acids is 2. The van der Waals surface area contributed by atoms with Crippen molar-refractivity contribution >= 4 is 29.1 Å². The fourth-order valence-electron chi connectivity index (χ4n) is 4.40. The second-order valence-corrected chi connectivity index (χ2v) is 9.39. The first-order valence-electron chi connectivity index (χ1n) is 12.5. The molecule has 39 heavy (non-hydrogen) atoms. The average Bonchev–Trinajstić information content (AvgIpc) is 3.59. The Kier molecular flexibility index (Phi) is 7.21. The third-order valence-electron chi connectivity index (χ3n) is 6.15. The number of H-pyrrole nitrogens is 1. The lowest BCUT2D eigenvalue weighted by atomic mass is 10.0. The van der Waals surface area contributed by atoms with Crippen LogP contribution < -0.4 is 15.4 Å². The predicted octanol–water partition coefficient (Wildman–Crippen LogP) is 3.28. The van der Waals surface area contributed by atoms with E-state index in [9.17, 15) is 14.0 Å². The van der Waals surface area contributed by atoms with E-state index in [0.29, 0.717) is 36.3 Å². The molecule has 2 amide bonds. The van der Waals surface area contributed by atoms with Gasteiger partial charge in [0.2, 0.25) is 17.7 Å². The number of anilines is 2. The first-order chi connectivity index (χ1) is 18.8. The highest BCUT2D eigenvalue weighted by Gasteiger charge is 2.27. The number of rotatable bonds is 8. The maximum Gasteiger partial charge on any atom is 0.256 e. The Morgan fingerprint density at radius 3 is 2.87 bits per heavy atom. The van der Waals surface area contributed by atoms with Gasteiger partial charge in [-0.2, -0.15) is 14.6 Å². The van der Waals surface area contributed by atoms with Crippen molar-refractivity contribution in [3.63, 3.8) is 0 Å². The van der Waals surface area contributed by atoms with Crippen molar-refractivity contribution in [1.29, 1.82) is 0 Å². The molecule has 3 N–H and O–H groups in total. The van der Waals surface area contributed by atoms with E-state index in [4.69, 9.17) is 4.74 Å². The smallest absolute Gasteiger partial charge is 0.256 e. The van der Waals surface area contributed by atoms with E-state index in [1.807, 2.05) is 13.8 Å². The van der Waals surface area contributed by atoms with Crippen molar-refractivity contribution < 1.29 is 18.7 Å². The minimum absolute atomic E-state index is 0.0635. The van der Waals surface area contributed by atoms with Gasteiger partial charge in [-0.15, -0.1) is 5.10 Å². The number of amides is 2. The number of ether oxygens (including phenoxy) is 1. The van der Waals surface area contributed by atoms with E-state index in [0.717, 1.165) is 30.5 Å². The first kappa shape index (κ1) is 25.8. The van der Waals surface area contributed by atoms with Gasteiger partial charge in [0.25, 0.3) is 5.91 Å². The minimum Gasteiger partial charge on any atom is -0.473 e. The number of hydrogen-bond donors (Lipinski definition) is 3. The molecule has 0 aliphatic carbocycles. The zero-order valence-corrected chi connectivity index (χ0v) is 21.5. The molecule has 12 nitrogen and oxygen atoms in total. The lowest BCUT2D eigenvalue weighted by molar-refractivity contribution is -0.111. The van der Waals surface area contributed by atoms with Crippen LogP contribution in [0.4, 0.5) is 16.0 Å². The standard InChI is InChI=1S/C26H28FN9O3/c1-4-22(37)31-17-7-8-19(20(27)10-17)24(38)35-9-5-6-18(14-35)32-26-33-21-13-28-23(16-11-29-30-12-16)25(36(21)34-26)39-15(2)3/h4,7-8,10-13,15,18H,1,5-6,9,14H2,2-3H3,(H,29,30)(H,31,37)(H,32,34)/t18-/m1/s1. The number of nitrogens with zero attached hydrogens (tertiary/aromatic N) is 6. The number of piperidine rings is 1. The number of aromatic amines is 1. The molecule has 1 aromatic carbocycles. The number of likely N-dealkylation sites (tertiary alicyclic amines) is 1. The van der Waals surface area contributed by atoms with Crippen LogP contribution in [0.25, 0.3) is 16.9 Å². The molecule has 1 aliphatic rings. The fraction of sp³-hybridized carbons (Fsp3) is 0.308. The van der Waals surface area contributed by atoms with Gasteiger partial charge >= 0.3 is 0 Å². The molecule has 4 heterocycles. The van der Waals surface area contributed by atoms with Gasteiger partial charge in [-0.25, -0.2) is 9.37 Å². The Morgan fingerprint density at radius 1 is 1.31 bits per heavy atom. The molecule has 13 heteroatoms. The molecule has 5 rings (SSSR count). The Labute approximate surface area is 223 Å². The number of nitrogens with one attached hydrogen (secondary N) is 3. The number of benzene rings is 1. The predicted molar refractivity (Wildman–Crippen MR) is 142 cm³/mol. The Hall–Kier alpha value is -4.81. The summed E-state index contributed by atoms with van der Waals surface area (Å²) in [5.41, 5.74) is 2.01. The Bertz CT molecular complexity index is 1520. The van der Waals surface area contributed by atoms with Crippen molar-refractivity contribution in [3.8, 4) is 17.1 Å². The summed E-state index contributed by atoms with van der Waals surface area (Å²) in [6.45, 7) is 8.03. The summed E-state index contributed by atoms with van der Waals surface area (Å²) in [4.78, 5) is 35.3. The quantitative estimate of drug-likeness (QED) is 0.293. The molecule has 1 atom stereocenters. The van der Waals surface area contributed by atoms with E-state index in [1.54, 1.807) is 28.0 Å². The average molecular weight is 534 g/mol. The van der Waals surface area contributed by atoms with Crippen LogP contribution in [0.15, 0.2) is 49.4 Å². The van der Waals surface area contributed by atoms with Crippen molar-refractivity contribution in [3.05, 3.63) is 60.8 Å². The highest BCUT2D eigenvalue weighted by Crippen LogP contribution is 2.29. The number of fused-ring (bicyclic) bond motifs is 1. The van der Waals surface area contributed by atoms with Gasteiger partial charge in [0, 0.05) is 36.6 Å². The van der Waals surface area contributed by atoms with Crippen LogP contribution in [0.5, 0.6) is 5.88 Å². The van der Waals surface area contributed by atoms with Gasteiger partial charge in [0.05, 0.1) is 24.1 Å².